The number of benzene rings is 1. The predicted octanol–water partition coefficient (Wildman–Crippen LogP) is 1.40. The van der Waals surface area contributed by atoms with Crippen LogP contribution >= 0.6 is 12.4 Å². The van der Waals surface area contributed by atoms with Gasteiger partial charge in [-0.05, 0) is 18.1 Å². The van der Waals surface area contributed by atoms with E-state index < -0.39 is 27.2 Å². The number of rotatable bonds is 7. The van der Waals surface area contributed by atoms with Crippen LogP contribution in [0.3, 0.4) is 0 Å². The largest absolute Gasteiger partial charge is 0.354 e. The highest BCUT2D eigenvalue weighted by atomic mass is 35.5. The number of nitrogens with one attached hydrogen (secondary N) is 1. The van der Waals surface area contributed by atoms with Crippen LogP contribution in [0.4, 0.5) is 4.39 Å². The number of halogens is 2. The van der Waals surface area contributed by atoms with Gasteiger partial charge in [0.05, 0.1) is 11.8 Å². The van der Waals surface area contributed by atoms with Gasteiger partial charge in [-0.2, -0.15) is 0 Å². The maximum Gasteiger partial charge on any atom is 0.236 e. The Morgan fingerprint density at radius 1 is 1.35 bits per heavy atom. The van der Waals surface area contributed by atoms with Crippen LogP contribution < -0.4 is 11.1 Å². The van der Waals surface area contributed by atoms with Gasteiger partial charge in [-0.1, -0.05) is 32.0 Å². The highest BCUT2D eigenvalue weighted by Gasteiger charge is 2.25. The van der Waals surface area contributed by atoms with Gasteiger partial charge < -0.3 is 11.1 Å². The molecule has 23 heavy (non-hydrogen) atoms. The molecule has 3 N–H and O–H groups in total. The summed E-state index contributed by atoms with van der Waals surface area (Å²) in [6, 6.07) is 5.49. The summed E-state index contributed by atoms with van der Waals surface area (Å²) >= 11 is 0. The fraction of sp³-hybridized carbons (Fsp3) is 0.533. The second-order valence-electron chi connectivity index (χ2n) is 6.11. The van der Waals surface area contributed by atoms with Crippen LogP contribution in [0.5, 0.6) is 0 Å². The minimum absolute atomic E-state index is 0. The molecule has 0 radical (unpaired) electrons. The lowest BCUT2D eigenvalue weighted by molar-refractivity contribution is -0.122. The van der Waals surface area contributed by atoms with Crippen LogP contribution in [0.2, 0.25) is 0 Å². The van der Waals surface area contributed by atoms with Gasteiger partial charge in [0.2, 0.25) is 5.91 Å². The van der Waals surface area contributed by atoms with E-state index in [4.69, 9.17) is 5.73 Å². The number of nitrogens with two attached hydrogens (primary N) is 1. The Labute approximate surface area is 143 Å². The minimum Gasteiger partial charge on any atom is -0.354 e. The molecule has 0 bridgehead atoms. The van der Waals surface area contributed by atoms with Crippen molar-refractivity contribution in [1.82, 2.24) is 5.32 Å². The molecule has 5 nitrogen and oxygen atoms in total. The molecule has 0 aliphatic rings. The molecule has 8 heteroatoms. The van der Waals surface area contributed by atoms with Crippen molar-refractivity contribution in [3.05, 3.63) is 35.6 Å². The summed E-state index contributed by atoms with van der Waals surface area (Å²) in [5.74, 6) is -0.908. The lowest BCUT2D eigenvalue weighted by Crippen LogP contribution is -2.46. The Kier molecular flexibility index (Phi) is 8.17. The molecule has 0 aromatic heterocycles. The number of carbonyl (C=O) groups is 1. The molecule has 0 heterocycles. The third-order valence-electron chi connectivity index (χ3n) is 3.44. The molecule has 1 aromatic carbocycles. The Bertz CT molecular complexity index is 635. The van der Waals surface area contributed by atoms with Crippen LogP contribution in [0.25, 0.3) is 0 Å². The third-order valence-corrected chi connectivity index (χ3v) is 4.42. The molecular weight excluding hydrogens is 343 g/mol. The fourth-order valence-electron chi connectivity index (χ4n) is 2.02. The molecule has 1 rings (SSSR count). The van der Waals surface area contributed by atoms with Gasteiger partial charge in [-0.15, -0.1) is 12.4 Å². The third kappa shape index (κ3) is 7.28. The van der Waals surface area contributed by atoms with E-state index in [0.29, 0.717) is 5.56 Å². The highest BCUT2D eigenvalue weighted by molar-refractivity contribution is 7.90. The lowest BCUT2D eigenvalue weighted by Gasteiger charge is -2.26. The lowest BCUT2D eigenvalue weighted by atomic mass is 9.84. The second-order valence-corrected chi connectivity index (χ2v) is 8.37. The summed E-state index contributed by atoms with van der Waals surface area (Å²) in [4.78, 5) is 11.9. The molecule has 0 saturated heterocycles. The van der Waals surface area contributed by atoms with Crippen LogP contribution in [-0.2, 0) is 20.0 Å². The van der Waals surface area contributed by atoms with Crippen molar-refractivity contribution >= 4 is 28.2 Å². The first-order valence-corrected chi connectivity index (χ1v) is 9.05. The van der Waals surface area contributed by atoms with E-state index in [-0.39, 0.29) is 36.9 Å². The Morgan fingerprint density at radius 2 is 1.91 bits per heavy atom. The van der Waals surface area contributed by atoms with Crippen molar-refractivity contribution in [3.8, 4) is 0 Å². The van der Waals surface area contributed by atoms with Gasteiger partial charge >= 0.3 is 0 Å². The smallest absolute Gasteiger partial charge is 0.236 e. The summed E-state index contributed by atoms with van der Waals surface area (Å²) in [7, 11) is -3.15. The van der Waals surface area contributed by atoms with Gasteiger partial charge in [0.1, 0.15) is 15.7 Å². The van der Waals surface area contributed by atoms with E-state index in [0.717, 1.165) is 6.26 Å². The quantitative estimate of drug-likeness (QED) is 0.763. The van der Waals surface area contributed by atoms with E-state index >= 15 is 0 Å². The molecule has 132 valence electrons. The van der Waals surface area contributed by atoms with Crippen LogP contribution in [0, 0.1) is 5.82 Å². The van der Waals surface area contributed by atoms with E-state index in [1.54, 1.807) is 18.2 Å². The average Bonchev–Trinajstić information content (AvgIpc) is 2.41. The highest BCUT2D eigenvalue weighted by Crippen LogP contribution is 2.24. The van der Waals surface area contributed by atoms with Crippen LogP contribution in [-0.4, -0.2) is 38.9 Å². The van der Waals surface area contributed by atoms with Gasteiger partial charge in [-0.25, -0.2) is 12.8 Å². The standard InChI is InChI=1S/C15H23FN2O3S.ClH/c1-15(2,11-6-4-5-7-12(11)16)10-18-14(19)13(17)8-9-22(3,20)21;/h4-7,13H,8-10,17H2,1-3H3,(H,18,19);1H. The molecule has 1 atom stereocenters. The predicted molar refractivity (Wildman–Crippen MR) is 92.0 cm³/mol. The summed E-state index contributed by atoms with van der Waals surface area (Å²) in [5, 5.41) is 2.66. The van der Waals surface area contributed by atoms with Crippen molar-refractivity contribution in [2.45, 2.75) is 31.7 Å². The molecule has 0 spiro atoms. The number of hydrogen-bond acceptors (Lipinski definition) is 4. The van der Waals surface area contributed by atoms with Gasteiger partial charge in [-0.3, -0.25) is 4.79 Å². The molecule has 0 aliphatic carbocycles. The molecule has 1 amide bonds. The summed E-state index contributed by atoms with van der Waals surface area (Å²) in [5.41, 5.74) is 5.57. The molecule has 1 unspecified atom stereocenters. The Balaban J connectivity index is 0.00000484. The maximum absolute atomic E-state index is 13.8. The van der Waals surface area contributed by atoms with Gasteiger partial charge in [0.25, 0.3) is 0 Å². The van der Waals surface area contributed by atoms with Crippen molar-refractivity contribution in [1.29, 1.82) is 0 Å². The fourth-order valence-corrected chi connectivity index (χ4v) is 2.70. The van der Waals surface area contributed by atoms with Crippen LogP contribution in [0.15, 0.2) is 24.3 Å². The van der Waals surface area contributed by atoms with Gasteiger partial charge in [0.15, 0.2) is 0 Å². The van der Waals surface area contributed by atoms with E-state index in [2.05, 4.69) is 5.32 Å². The van der Waals surface area contributed by atoms with Crippen molar-refractivity contribution in [3.63, 3.8) is 0 Å². The zero-order valence-corrected chi connectivity index (χ0v) is 15.1. The molecule has 0 aliphatic heterocycles. The zero-order chi connectivity index (χ0) is 17.0. The van der Waals surface area contributed by atoms with Crippen molar-refractivity contribution in [2.75, 3.05) is 18.6 Å². The molecular formula is C15H24ClFN2O3S. The summed E-state index contributed by atoms with van der Waals surface area (Å²) in [6.07, 6.45) is 1.16. The molecule has 0 fully saturated rings. The maximum atomic E-state index is 13.8. The number of amides is 1. The van der Waals surface area contributed by atoms with Gasteiger partial charge in [0, 0.05) is 18.2 Å². The first kappa shape index (κ1) is 21.8. The Morgan fingerprint density at radius 3 is 2.43 bits per heavy atom. The second kappa shape index (κ2) is 8.61. The van der Waals surface area contributed by atoms with Crippen molar-refractivity contribution in [2.24, 2.45) is 5.73 Å². The number of sulfone groups is 1. The Hall–Kier alpha value is -1.18. The SMILES string of the molecule is CC(C)(CNC(=O)C(N)CCS(C)(=O)=O)c1ccccc1F.Cl. The van der Waals surface area contributed by atoms with E-state index in [1.807, 2.05) is 13.8 Å². The average molecular weight is 367 g/mol. The number of carbonyl (C=O) groups excluding carboxylic acids is 1. The summed E-state index contributed by atoms with van der Waals surface area (Å²) < 4.78 is 36.0. The van der Waals surface area contributed by atoms with E-state index in [1.165, 1.54) is 6.07 Å². The number of hydrogen-bond donors (Lipinski definition) is 2. The first-order chi connectivity index (χ1) is 10.0. The van der Waals surface area contributed by atoms with E-state index in [9.17, 15) is 17.6 Å². The topological polar surface area (TPSA) is 89.3 Å². The normalized spacial score (nSPS) is 13.1. The summed E-state index contributed by atoms with van der Waals surface area (Å²) in [6.45, 7) is 3.83. The zero-order valence-electron chi connectivity index (χ0n) is 13.5. The molecule has 0 saturated carbocycles. The van der Waals surface area contributed by atoms with Crippen LogP contribution in [0.1, 0.15) is 25.8 Å². The minimum atomic E-state index is -3.15. The molecule has 1 aromatic rings. The van der Waals surface area contributed by atoms with Crippen molar-refractivity contribution < 1.29 is 17.6 Å². The monoisotopic (exact) mass is 366 g/mol. The first-order valence-electron chi connectivity index (χ1n) is 6.99.